The summed E-state index contributed by atoms with van der Waals surface area (Å²) >= 11 is 0. The van der Waals surface area contributed by atoms with Gasteiger partial charge in [0.25, 0.3) is 0 Å². The van der Waals surface area contributed by atoms with Gasteiger partial charge in [-0.1, -0.05) is 27.2 Å². The van der Waals surface area contributed by atoms with Gasteiger partial charge in [0.15, 0.2) is 0 Å². The van der Waals surface area contributed by atoms with Gasteiger partial charge in [-0.2, -0.15) is 0 Å². The smallest absolute Gasteiger partial charge is 0.0169 e. The van der Waals surface area contributed by atoms with Crippen LogP contribution in [0.4, 0.5) is 0 Å². The Balaban J connectivity index is 1.86. The van der Waals surface area contributed by atoms with Crippen LogP contribution in [0.5, 0.6) is 0 Å². The summed E-state index contributed by atoms with van der Waals surface area (Å²) in [4.78, 5) is 2.76. The van der Waals surface area contributed by atoms with Crippen molar-refractivity contribution < 1.29 is 0 Å². The fourth-order valence-corrected chi connectivity index (χ4v) is 4.18. The number of nitrogens with zero attached hydrogens (tertiary/aromatic N) is 1. The summed E-state index contributed by atoms with van der Waals surface area (Å²) in [6, 6.07) is 2.18. The van der Waals surface area contributed by atoms with Gasteiger partial charge in [-0.3, -0.25) is 4.90 Å². The third-order valence-corrected chi connectivity index (χ3v) is 5.82. The number of hydrogen-bond acceptors (Lipinski definition) is 2. The van der Waals surface area contributed by atoms with E-state index in [2.05, 4.69) is 44.8 Å². The van der Waals surface area contributed by atoms with Crippen molar-refractivity contribution in [3.05, 3.63) is 0 Å². The molecule has 19 heavy (non-hydrogen) atoms. The van der Waals surface area contributed by atoms with Crippen molar-refractivity contribution in [2.45, 2.75) is 84.8 Å². The van der Waals surface area contributed by atoms with Crippen LogP contribution in [-0.4, -0.2) is 36.1 Å². The molecular weight excluding hydrogens is 232 g/mol. The molecule has 0 aromatic heterocycles. The number of rotatable bonds is 3. The van der Waals surface area contributed by atoms with E-state index in [1.165, 1.54) is 45.2 Å². The molecule has 0 amide bonds. The zero-order chi connectivity index (χ0) is 14.0. The monoisotopic (exact) mass is 266 g/mol. The van der Waals surface area contributed by atoms with Gasteiger partial charge in [-0.05, 0) is 50.9 Å². The van der Waals surface area contributed by atoms with Crippen molar-refractivity contribution in [1.29, 1.82) is 0 Å². The molecule has 1 N–H and O–H groups in total. The standard InChI is InChI=1S/C17H34N2/c1-6-17(4,5)15-7-9-16(10-8-15)19-11-13(2)18-14(3)12-19/h13-16,18H,6-12H2,1-5H3. The van der Waals surface area contributed by atoms with Crippen molar-refractivity contribution in [3.63, 3.8) is 0 Å². The molecule has 0 bridgehead atoms. The average Bonchev–Trinajstić information content (AvgIpc) is 2.38. The second kappa shape index (κ2) is 6.13. The maximum absolute atomic E-state index is 3.65. The molecule has 1 aliphatic carbocycles. The average molecular weight is 266 g/mol. The van der Waals surface area contributed by atoms with Crippen LogP contribution in [0.2, 0.25) is 0 Å². The summed E-state index contributed by atoms with van der Waals surface area (Å²) in [5.74, 6) is 0.950. The maximum atomic E-state index is 3.65. The molecule has 2 fully saturated rings. The quantitative estimate of drug-likeness (QED) is 0.838. The second-order valence-corrected chi connectivity index (χ2v) is 7.77. The molecule has 0 radical (unpaired) electrons. The van der Waals surface area contributed by atoms with E-state index in [0.29, 0.717) is 17.5 Å². The van der Waals surface area contributed by atoms with E-state index < -0.39 is 0 Å². The Morgan fingerprint density at radius 2 is 1.53 bits per heavy atom. The molecule has 2 rings (SSSR count). The van der Waals surface area contributed by atoms with E-state index in [-0.39, 0.29) is 0 Å². The van der Waals surface area contributed by atoms with E-state index in [9.17, 15) is 0 Å². The normalized spacial score (nSPS) is 38.4. The lowest BCUT2D eigenvalue weighted by Gasteiger charge is -2.45. The maximum Gasteiger partial charge on any atom is 0.0169 e. The Morgan fingerprint density at radius 3 is 2.00 bits per heavy atom. The predicted octanol–water partition coefficient (Wildman–Crippen LogP) is 3.66. The third-order valence-electron chi connectivity index (χ3n) is 5.82. The van der Waals surface area contributed by atoms with Crippen LogP contribution in [0.3, 0.4) is 0 Å². The van der Waals surface area contributed by atoms with Gasteiger partial charge in [0.2, 0.25) is 0 Å². The summed E-state index contributed by atoms with van der Waals surface area (Å²) in [6.45, 7) is 14.4. The zero-order valence-corrected chi connectivity index (χ0v) is 13.7. The van der Waals surface area contributed by atoms with E-state index >= 15 is 0 Å². The van der Waals surface area contributed by atoms with Crippen LogP contribution >= 0.6 is 0 Å². The van der Waals surface area contributed by atoms with Gasteiger partial charge in [-0.25, -0.2) is 0 Å². The van der Waals surface area contributed by atoms with Crippen molar-refractivity contribution in [2.24, 2.45) is 11.3 Å². The predicted molar refractivity (Wildman–Crippen MR) is 83.5 cm³/mol. The lowest BCUT2D eigenvalue weighted by molar-refractivity contribution is 0.0592. The topological polar surface area (TPSA) is 15.3 Å². The number of hydrogen-bond donors (Lipinski definition) is 1. The fourth-order valence-electron chi connectivity index (χ4n) is 4.18. The summed E-state index contributed by atoms with van der Waals surface area (Å²) in [6.07, 6.45) is 7.06. The van der Waals surface area contributed by atoms with Gasteiger partial charge in [0.05, 0.1) is 0 Å². The minimum Gasteiger partial charge on any atom is -0.309 e. The van der Waals surface area contributed by atoms with E-state index in [1.807, 2.05) is 0 Å². The molecule has 2 heteroatoms. The molecule has 2 atom stereocenters. The van der Waals surface area contributed by atoms with E-state index in [4.69, 9.17) is 0 Å². The van der Waals surface area contributed by atoms with Crippen molar-refractivity contribution >= 4 is 0 Å². The van der Waals surface area contributed by atoms with Gasteiger partial charge >= 0.3 is 0 Å². The Hall–Kier alpha value is -0.0800. The highest BCUT2D eigenvalue weighted by molar-refractivity contribution is 4.90. The Labute approximate surface area is 120 Å². The van der Waals surface area contributed by atoms with Gasteiger partial charge in [-0.15, -0.1) is 0 Å². The first-order valence-electron chi connectivity index (χ1n) is 8.42. The first-order chi connectivity index (χ1) is 8.92. The first-order valence-corrected chi connectivity index (χ1v) is 8.42. The SMILES string of the molecule is CCC(C)(C)C1CCC(N2CC(C)NC(C)C2)CC1. The third kappa shape index (κ3) is 3.72. The molecule has 0 spiro atoms. The highest BCUT2D eigenvalue weighted by atomic mass is 15.2. The molecule has 2 aliphatic rings. The Bertz CT molecular complexity index is 269. The summed E-state index contributed by atoms with van der Waals surface area (Å²) < 4.78 is 0. The first kappa shape index (κ1) is 15.3. The van der Waals surface area contributed by atoms with Crippen LogP contribution in [0.25, 0.3) is 0 Å². The van der Waals surface area contributed by atoms with Crippen molar-refractivity contribution in [2.75, 3.05) is 13.1 Å². The van der Waals surface area contributed by atoms with Gasteiger partial charge < -0.3 is 5.32 Å². The molecule has 1 aliphatic heterocycles. The van der Waals surface area contributed by atoms with Crippen LogP contribution < -0.4 is 5.32 Å². The van der Waals surface area contributed by atoms with Crippen molar-refractivity contribution in [3.8, 4) is 0 Å². The van der Waals surface area contributed by atoms with Crippen LogP contribution in [-0.2, 0) is 0 Å². The molecule has 0 aromatic rings. The van der Waals surface area contributed by atoms with E-state index in [0.717, 1.165) is 12.0 Å². The number of piperazine rings is 1. The molecule has 1 saturated heterocycles. The molecule has 0 aromatic carbocycles. The second-order valence-electron chi connectivity index (χ2n) is 7.77. The molecule has 1 heterocycles. The number of nitrogens with one attached hydrogen (secondary N) is 1. The molecule has 2 nitrogen and oxygen atoms in total. The largest absolute Gasteiger partial charge is 0.309 e. The highest BCUT2D eigenvalue weighted by Crippen LogP contribution is 2.41. The molecule has 112 valence electrons. The molecular formula is C17H34N2. The fraction of sp³-hybridized carbons (Fsp3) is 1.00. The van der Waals surface area contributed by atoms with Crippen LogP contribution in [0, 0.1) is 11.3 Å². The van der Waals surface area contributed by atoms with Crippen molar-refractivity contribution in [1.82, 2.24) is 10.2 Å². The lowest BCUT2D eigenvalue weighted by Crippen LogP contribution is -2.57. The molecule has 2 unspecified atom stereocenters. The molecule has 1 saturated carbocycles. The minimum absolute atomic E-state index is 0.551. The van der Waals surface area contributed by atoms with Gasteiger partial charge in [0, 0.05) is 31.2 Å². The Morgan fingerprint density at radius 1 is 1.00 bits per heavy atom. The van der Waals surface area contributed by atoms with Crippen LogP contribution in [0.15, 0.2) is 0 Å². The summed E-state index contributed by atoms with van der Waals surface area (Å²) in [5, 5.41) is 3.65. The van der Waals surface area contributed by atoms with Gasteiger partial charge in [0.1, 0.15) is 0 Å². The lowest BCUT2D eigenvalue weighted by atomic mass is 9.68. The Kier molecular flexibility index (Phi) is 4.94. The van der Waals surface area contributed by atoms with E-state index in [1.54, 1.807) is 0 Å². The zero-order valence-electron chi connectivity index (χ0n) is 13.7. The highest BCUT2D eigenvalue weighted by Gasteiger charge is 2.35. The summed E-state index contributed by atoms with van der Waals surface area (Å²) in [5.41, 5.74) is 0.551. The van der Waals surface area contributed by atoms with Crippen LogP contribution in [0.1, 0.15) is 66.7 Å². The minimum atomic E-state index is 0.551. The summed E-state index contributed by atoms with van der Waals surface area (Å²) in [7, 11) is 0.